The number of hydrogen-bond acceptors (Lipinski definition) is 4. The molecule has 0 amide bonds. The summed E-state index contributed by atoms with van der Waals surface area (Å²) in [6.07, 6.45) is 6.61. The number of nitrogens with one attached hydrogen (secondary N) is 1. The van der Waals surface area contributed by atoms with Crippen LogP contribution < -0.4 is 11.3 Å². The highest BCUT2D eigenvalue weighted by atomic mass is 15.3. The summed E-state index contributed by atoms with van der Waals surface area (Å²) in [6, 6.07) is 8.66. The number of anilines is 1. The molecule has 0 bridgehead atoms. The van der Waals surface area contributed by atoms with Gasteiger partial charge < -0.3 is 5.43 Å². The minimum Gasteiger partial charge on any atom is -0.308 e. The van der Waals surface area contributed by atoms with Gasteiger partial charge in [0.2, 0.25) is 0 Å². The summed E-state index contributed by atoms with van der Waals surface area (Å²) < 4.78 is 0. The number of hydrogen-bond donors (Lipinski definition) is 2. The molecule has 4 nitrogen and oxygen atoms in total. The lowest BCUT2D eigenvalue weighted by Gasteiger charge is -2.20. The monoisotopic (exact) mass is 280 g/mol. The molecule has 2 aliphatic carbocycles. The smallest absolute Gasteiger partial charge is 0.147 e. The van der Waals surface area contributed by atoms with Crippen LogP contribution in [-0.2, 0) is 25.7 Å². The second kappa shape index (κ2) is 5.11. The molecule has 1 aromatic heterocycles. The maximum atomic E-state index is 5.69. The SMILES string of the molecule is NNc1nc(C2Cc3ccccc3C2)nc2c1CCCC2. The number of fused-ring (bicyclic) bond motifs is 2. The van der Waals surface area contributed by atoms with E-state index in [1.807, 2.05) is 0 Å². The molecule has 4 rings (SSSR count). The van der Waals surface area contributed by atoms with Crippen molar-refractivity contribution in [2.75, 3.05) is 5.43 Å². The van der Waals surface area contributed by atoms with E-state index in [2.05, 4.69) is 29.7 Å². The number of nitrogens with two attached hydrogens (primary N) is 1. The van der Waals surface area contributed by atoms with Gasteiger partial charge in [0.15, 0.2) is 0 Å². The van der Waals surface area contributed by atoms with Crippen molar-refractivity contribution < 1.29 is 0 Å². The Morgan fingerprint density at radius 2 is 1.71 bits per heavy atom. The predicted molar refractivity (Wildman–Crippen MR) is 83.1 cm³/mol. The third-order valence-corrected chi connectivity index (χ3v) is 4.75. The first-order chi connectivity index (χ1) is 10.3. The van der Waals surface area contributed by atoms with Crippen LogP contribution in [0.3, 0.4) is 0 Å². The third kappa shape index (κ3) is 2.20. The molecule has 2 aromatic rings. The van der Waals surface area contributed by atoms with E-state index in [-0.39, 0.29) is 0 Å². The number of benzene rings is 1. The average molecular weight is 280 g/mol. The number of aromatic nitrogens is 2. The minimum atomic E-state index is 0.390. The maximum absolute atomic E-state index is 5.69. The summed E-state index contributed by atoms with van der Waals surface area (Å²) in [5.41, 5.74) is 8.09. The molecule has 0 atom stereocenters. The van der Waals surface area contributed by atoms with E-state index in [4.69, 9.17) is 15.8 Å². The Hall–Kier alpha value is -1.94. The Balaban J connectivity index is 1.70. The van der Waals surface area contributed by atoms with Gasteiger partial charge in [-0.2, -0.15) is 0 Å². The van der Waals surface area contributed by atoms with E-state index in [1.165, 1.54) is 35.2 Å². The molecule has 1 aromatic carbocycles. The quantitative estimate of drug-likeness (QED) is 0.655. The fourth-order valence-corrected chi connectivity index (χ4v) is 3.66. The van der Waals surface area contributed by atoms with Gasteiger partial charge in [0.1, 0.15) is 11.6 Å². The van der Waals surface area contributed by atoms with Crippen LogP contribution in [0.4, 0.5) is 5.82 Å². The molecule has 0 fully saturated rings. The van der Waals surface area contributed by atoms with E-state index in [0.717, 1.165) is 37.3 Å². The highest BCUT2D eigenvalue weighted by Gasteiger charge is 2.27. The van der Waals surface area contributed by atoms with Gasteiger partial charge in [-0.05, 0) is 49.7 Å². The van der Waals surface area contributed by atoms with E-state index < -0.39 is 0 Å². The van der Waals surface area contributed by atoms with Crippen molar-refractivity contribution in [2.24, 2.45) is 5.84 Å². The summed E-state index contributed by atoms with van der Waals surface area (Å²) in [7, 11) is 0. The Kier molecular flexibility index (Phi) is 3.11. The fourth-order valence-electron chi connectivity index (χ4n) is 3.66. The first kappa shape index (κ1) is 12.8. The van der Waals surface area contributed by atoms with Gasteiger partial charge in [0.05, 0.1) is 0 Å². The average Bonchev–Trinajstić information content (AvgIpc) is 2.98. The zero-order valence-corrected chi connectivity index (χ0v) is 12.1. The van der Waals surface area contributed by atoms with Gasteiger partial charge in [-0.3, -0.25) is 0 Å². The van der Waals surface area contributed by atoms with Crippen LogP contribution >= 0.6 is 0 Å². The van der Waals surface area contributed by atoms with Gasteiger partial charge in [0.25, 0.3) is 0 Å². The van der Waals surface area contributed by atoms with Crippen molar-refractivity contribution in [2.45, 2.75) is 44.4 Å². The number of rotatable bonds is 2. The minimum absolute atomic E-state index is 0.390. The molecular formula is C17H20N4. The van der Waals surface area contributed by atoms with Gasteiger partial charge in [-0.15, -0.1) is 0 Å². The molecule has 0 saturated heterocycles. The number of hydrazine groups is 1. The maximum Gasteiger partial charge on any atom is 0.147 e. The molecular weight excluding hydrogens is 260 g/mol. The first-order valence-electron chi connectivity index (χ1n) is 7.78. The van der Waals surface area contributed by atoms with Crippen molar-refractivity contribution in [1.82, 2.24) is 9.97 Å². The van der Waals surface area contributed by atoms with Crippen LogP contribution in [0.5, 0.6) is 0 Å². The molecule has 3 N–H and O–H groups in total. The number of nitrogens with zero attached hydrogens (tertiary/aromatic N) is 2. The Morgan fingerprint density at radius 3 is 2.43 bits per heavy atom. The van der Waals surface area contributed by atoms with E-state index in [9.17, 15) is 0 Å². The zero-order chi connectivity index (χ0) is 14.2. The lowest BCUT2D eigenvalue weighted by Crippen LogP contribution is -2.19. The molecule has 0 saturated carbocycles. The molecule has 0 aliphatic heterocycles. The van der Waals surface area contributed by atoms with Gasteiger partial charge in [0, 0.05) is 17.2 Å². The van der Waals surface area contributed by atoms with Crippen LogP contribution in [0.1, 0.15) is 47.0 Å². The molecule has 0 unspecified atom stereocenters. The second-order valence-corrected chi connectivity index (χ2v) is 6.08. The Morgan fingerprint density at radius 1 is 1.00 bits per heavy atom. The summed E-state index contributed by atoms with van der Waals surface area (Å²) in [6.45, 7) is 0. The molecule has 0 spiro atoms. The molecule has 0 radical (unpaired) electrons. The van der Waals surface area contributed by atoms with Crippen LogP contribution in [-0.4, -0.2) is 9.97 Å². The summed E-state index contributed by atoms with van der Waals surface area (Å²) in [5.74, 6) is 7.87. The van der Waals surface area contributed by atoms with Crippen LogP contribution in [0.15, 0.2) is 24.3 Å². The van der Waals surface area contributed by atoms with Gasteiger partial charge in [-0.25, -0.2) is 15.8 Å². The van der Waals surface area contributed by atoms with Crippen molar-refractivity contribution in [3.63, 3.8) is 0 Å². The van der Waals surface area contributed by atoms with E-state index in [1.54, 1.807) is 0 Å². The van der Waals surface area contributed by atoms with Crippen molar-refractivity contribution in [1.29, 1.82) is 0 Å². The first-order valence-corrected chi connectivity index (χ1v) is 7.78. The topological polar surface area (TPSA) is 63.8 Å². The lowest BCUT2D eigenvalue weighted by molar-refractivity contribution is 0.627. The lowest BCUT2D eigenvalue weighted by atomic mass is 9.95. The molecule has 4 heteroatoms. The molecule has 108 valence electrons. The van der Waals surface area contributed by atoms with Crippen LogP contribution in [0.2, 0.25) is 0 Å². The fraction of sp³-hybridized carbons (Fsp3) is 0.412. The van der Waals surface area contributed by atoms with Crippen LogP contribution in [0, 0.1) is 0 Å². The summed E-state index contributed by atoms with van der Waals surface area (Å²) in [4.78, 5) is 9.60. The highest BCUT2D eigenvalue weighted by Crippen LogP contribution is 2.34. The Labute approximate surface area is 124 Å². The normalized spacial score (nSPS) is 17.4. The van der Waals surface area contributed by atoms with E-state index in [0.29, 0.717) is 5.92 Å². The van der Waals surface area contributed by atoms with Crippen molar-refractivity contribution >= 4 is 5.82 Å². The summed E-state index contributed by atoms with van der Waals surface area (Å²) >= 11 is 0. The van der Waals surface area contributed by atoms with Crippen molar-refractivity contribution in [3.8, 4) is 0 Å². The molecule has 2 aliphatic rings. The number of aryl methyl sites for hydroxylation is 1. The standard InChI is InChI=1S/C17H20N4/c18-21-17-14-7-3-4-8-15(14)19-16(20-17)13-9-11-5-1-2-6-12(11)10-13/h1-2,5-6,13H,3-4,7-10,18H2,(H,19,20,21). The van der Waals surface area contributed by atoms with Gasteiger partial charge in [-0.1, -0.05) is 24.3 Å². The molecule has 1 heterocycles. The predicted octanol–water partition coefficient (Wildman–Crippen LogP) is 2.52. The molecule has 21 heavy (non-hydrogen) atoms. The van der Waals surface area contributed by atoms with Crippen LogP contribution in [0.25, 0.3) is 0 Å². The van der Waals surface area contributed by atoms with Crippen molar-refractivity contribution in [3.05, 3.63) is 52.5 Å². The Bertz CT molecular complexity index is 638. The number of nitrogen functional groups attached to an aromatic ring is 1. The zero-order valence-electron chi connectivity index (χ0n) is 12.1. The van der Waals surface area contributed by atoms with Gasteiger partial charge >= 0.3 is 0 Å². The summed E-state index contributed by atoms with van der Waals surface area (Å²) in [5, 5.41) is 0. The van der Waals surface area contributed by atoms with E-state index >= 15 is 0 Å². The second-order valence-electron chi connectivity index (χ2n) is 6.08. The highest BCUT2D eigenvalue weighted by molar-refractivity contribution is 5.47. The largest absolute Gasteiger partial charge is 0.308 e. The third-order valence-electron chi connectivity index (χ3n) is 4.75.